The first-order chi connectivity index (χ1) is 7.77. The smallest absolute Gasteiger partial charge is 0.137 e. The highest BCUT2D eigenvalue weighted by atomic mass is 35.5. The summed E-state index contributed by atoms with van der Waals surface area (Å²) in [6.45, 7) is 0. The standard InChI is InChI=1S/C12H8Cl2N2/c13-10-3-1-2-4-11(10)16-12(14)9-5-7-15-8-6-9/h1-8H/b16-12-. The molecule has 0 atom stereocenters. The third kappa shape index (κ3) is 2.60. The van der Waals surface area contributed by atoms with Crippen molar-refractivity contribution in [1.82, 2.24) is 4.98 Å². The number of para-hydroxylation sites is 1. The molecule has 4 heteroatoms. The van der Waals surface area contributed by atoms with Crippen LogP contribution in [0, 0.1) is 0 Å². The van der Waals surface area contributed by atoms with E-state index >= 15 is 0 Å². The molecule has 0 unspecified atom stereocenters. The Labute approximate surface area is 104 Å². The summed E-state index contributed by atoms with van der Waals surface area (Å²) in [7, 11) is 0. The Morgan fingerprint density at radius 2 is 1.75 bits per heavy atom. The molecule has 0 saturated carbocycles. The van der Waals surface area contributed by atoms with Gasteiger partial charge in [0.15, 0.2) is 0 Å². The quantitative estimate of drug-likeness (QED) is 0.739. The summed E-state index contributed by atoms with van der Waals surface area (Å²) < 4.78 is 0. The van der Waals surface area contributed by atoms with Gasteiger partial charge < -0.3 is 0 Å². The highest BCUT2D eigenvalue weighted by Crippen LogP contribution is 2.25. The number of hydrogen-bond acceptors (Lipinski definition) is 2. The van der Waals surface area contributed by atoms with Gasteiger partial charge >= 0.3 is 0 Å². The molecule has 0 spiro atoms. The van der Waals surface area contributed by atoms with E-state index in [0.717, 1.165) is 5.56 Å². The third-order valence-electron chi connectivity index (χ3n) is 1.99. The molecule has 0 saturated heterocycles. The molecule has 0 aliphatic heterocycles. The maximum atomic E-state index is 6.08. The molecule has 0 radical (unpaired) electrons. The van der Waals surface area contributed by atoms with Crippen LogP contribution in [0.5, 0.6) is 0 Å². The fourth-order valence-electron chi connectivity index (χ4n) is 1.20. The molecular formula is C12H8Cl2N2. The molecule has 2 nitrogen and oxygen atoms in total. The zero-order chi connectivity index (χ0) is 11.4. The molecule has 0 aliphatic rings. The van der Waals surface area contributed by atoms with Crippen LogP contribution in [-0.2, 0) is 0 Å². The number of hydrogen-bond donors (Lipinski definition) is 0. The van der Waals surface area contributed by atoms with Gasteiger partial charge in [0.25, 0.3) is 0 Å². The molecular weight excluding hydrogens is 243 g/mol. The van der Waals surface area contributed by atoms with Crippen molar-refractivity contribution in [1.29, 1.82) is 0 Å². The number of rotatable bonds is 2. The van der Waals surface area contributed by atoms with Crippen LogP contribution in [0.25, 0.3) is 0 Å². The Hall–Kier alpha value is -1.38. The minimum atomic E-state index is 0.399. The van der Waals surface area contributed by atoms with Crippen LogP contribution in [0.3, 0.4) is 0 Å². The average Bonchev–Trinajstić information content (AvgIpc) is 2.33. The highest BCUT2D eigenvalue weighted by molar-refractivity contribution is 6.69. The van der Waals surface area contributed by atoms with Crippen molar-refractivity contribution < 1.29 is 0 Å². The van der Waals surface area contributed by atoms with Crippen molar-refractivity contribution in [2.45, 2.75) is 0 Å². The van der Waals surface area contributed by atoms with Crippen molar-refractivity contribution in [3.8, 4) is 0 Å². The Bertz CT molecular complexity index is 509. The van der Waals surface area contributed by atoms with Crippen molar-refractivity contribution >= 4 is 34.1 Å². The van der Waals surface area contributed by atoms with E-state index in [1.54, 1.807) is 30.6 Å². The summed E-state index contributed by atoms with van der Waals surface area (Å²) in [5, 5.41) is 0.977. The van der Waals surface area contributed by atoms with E-state index in [1.807, 2.05) is 18.2 Å². The van der Waals surface area contributed by atoms with E-state index < -0.39 is 0 Å². The van der Waals surface area contributed by atoms with E-state index in [-0.39, 0.29) is 0 Å². The predicted octanol–water partition coefficient (Wildman–Crippen LogP) is 4.05. The number of pyridine rings is 1. The highest BCUT2D eigenvalue weighted by Gasteiger charge is 2.01. The van der Waals surface area contributed by atoms with Crippen molar-refractivity contribution in [3.05, 3.63) is 59.4 Å². The molecule has 0 fully saturated rings. The summed E-state index contributed by atoms with van der Waals surface area (Å²) in [5.41, 5.74) is 1.47. The number of nitrogens with zero attached hydrogens (tertiary/aromatic N) is 2. The van der Waals surface area contributed by atoms with E-state index in [2.05, 4.69) is 9.98 Å². The van der Waals surface area contributed by atoms with E-state index in [1.165, 1.54) is 0 Å². The summed E-state index contributed by atoms with van der Waals surface area (Å²) in [6, 6.07) is 10.9. The summed E-state index contributed by atoms with van der Waals surface area (Å²) >= 11 is 12.1. The van der Waals surface area contributed by atoms with Crippen LogP contribution in [0.1, 0.15) is 5.56 Å². The number of halogens is 2. The van der Waals surface area contributed by atoms with Crippen molar-refractivity contribution in [2.75, 3.05) is 0 Å². The SMILES string of the molecule is Cl/C(=N\c1ccccc1Cl)c1ccncc1. The second-order valence-corrected chi connectivity index (χ2v) is 3.86. The van der Waals surface area contributed by atoms with Gasteiger partial charge in [-0.15, -0.1) is 0 Å². The second kappa shape index (κ2) is 5.10. The lowest BCUT2D eigenvalue weighted by molar-refractivity contribution is 1.32. The van der Waals surface area contributed by atoms with Crippen LogP contribution < -0.4 is 0 Å². The maximum absolute atomic E-state index is 6.08. The molecule has 16 heavy (non-hydrogen) atoms. The Morgan fingerprint density at radius 1 is 1.06 bits per heavy atom. The van der Waals surface area contributed by atoms with Crippen LogP contribution in [0.2, 0.25) is 5.02 Å². The lowest BCUT2D eigenvalue weighted by atomic mass is 10.3. The van der Waals surface area contributed by atoms with Gasteiger partial charge in [-0.1, -0.05) is 35.3 Å². The van der Waals surface area contributed by atoms with E-state index in [4.69, 9.17) is 23.2 Å². The Kier molecular flexibility index (Phi) is 3.54. The first-order valence-electron chi connectivity index (χ1n) is 4.66. The molecule has 0 N–H and O–H groups in total. The number of aromatic nitrogens is 1. The first-order valence-corrected chi connectivity index (χ1v) is 5.42. The molecule has 80 valence electrons. The van der Waals surface area contributed by atoms with E-state index in [9.17, 15) is 0 Å². The third-order valence-corrected chi connectivity index (χ3v) is 2.61. The largest absolute Gasteiger partial charge is 0.265 e. The van der Waals surface area contributed by atoms with Crippen LogP contribution in [0.4, 0.5) is 5.69 Å². The van der Waals surface area contributed by atoms with Gasteiger partial charge in [0.2, 0.25) is 0 Å². The summed E-state index contributed by atoms with van der Waals surface area (Å²) in [6.07, 6.45) is 3.33. The monoisotopic (exact) mass is 250 g/mol. The zero-order valence-electron chi connectivity index (χ0n) is 8.27. The minimum absolute atomic E-state index is 0.399. The number of aliphatic imine (C=N–C) groups is 1. The maximum Gasteiger partial charge on any atom is 0.137 e. The van der Waals surface area contributed by atoms with Crippen molar-refractivity contribution in [2.24, 2.45) is 4.99 Å². The fraction of sp³-hybridized carbons (Fsp3) is 0. The van der Waals surface area contributed by atoms with Gasteiger partial charge in [-0.3, -0.25) is 4.98 Å². The van der Waals surface area contributed by atoms with Crippen LogP contribution in [0.15, 0.2) is 53.8 Å². The predicted molar refractivity (Wildman–Crippen MR) is 67.7 cm³/mol. The average molecular weight is 251 g/mol. The summed E-state index contributed by atoms with van der Waals surface area (Å²) in [5.74, 6) is 0. The molecule has 0 bridgehead atoms. The molecule has 1 aromatic heterocycles. The lowest BCUT2D eigenvalue weighted by Crippen LogP contribution is -1.90. The first kappa shape index (κ1) is 11.1. The zero-order valence-corrected chi connectivity index (χ0v) is 9.78. The van der Waals surface area contributed by atoms with Crippen LogP contribution in [-0.4, -0.2) is 10.2 Å². The Morgan fingerprint density at radius 3 is 2.44 bits per heavy atom. The van der Waals surface area contributed by atoms with Gasteiger partial charge in [-0.25, -0.2) is 4.99 Å². The van der Waals surface area contributed by atoms with E-state index in [0.29, 0.717) is 15.9 Å². The molecule has 0 aliphatic carbocycles. The fourth-order valence-corrected chi connectivity index (χ4v) is 1.60. The van der Waals surface area contributed by atoms with Gasteiger partial charge in [-0.2, -0.15) is 0 Å². The second-order valence-electron chi connectivity index (χ2n) is 3.09. The lowest BCUT2D eigenvalue weighted by Gasteiger charge is -2.00. The Balaban J connectivity index is 2.36. The minimum Gasteiger partial charge on any atom is -0.265 e. The van der Waals surface area contributed by atoms with Crippen LogP contribution >= 0.6 is 23.2 Å². The molecule has 2 rings (SSSR count). The number of benzene rings is 1. The van der Waals surface area contributed by atoms with Gasteiger partial charge in [0, 0.05) is 18.0 Å². The molecule has 1 aromatic carbocycles. The van der Waals surface area contributed by atoms with Gasteiger partial charge in [0.1, 0.15) is 5.17 Å². The molecule has 1 heterocycles. The summed E-state index contributed by atoms with van der Waals surface area (Å²) in [4.78, 5) is 8.16. The van der Waals surface area contributed by atoms with Crippen molar-refractivity contribution in [3.63, 3.8) is 0 Å². The van der Waals surface area contributed by atoms with Gasteiger partial charge in [0.05, 0.1) is 10.7 Å². The van der Waals surface area contributed by atoms with Gasteiger partial charge in [-0.05, 0) is 24.3 Å². The molecule has 2 aromatic rings. The normalized spacial score (nSPS) is 11.5. The topological polar surface area (TPSA) is 25.2 Å². The molecule has 0 amide bonds.